The number of carbonyl (C=O) groups excluding carboxylic acids is 1. The van der Waals surface area contributed by atoms with E-state index in [-0.39, 0.29) is 11.9 Å². The topological polar surface area (TPSA) is 46.9 Å². The van der Waals surface area contributed by atoms with Gasteiger partial charge in [-0.05, 0) is 39.2 Å². The van der Waals surface area contributed by atoms with Gasteiger partial charge in [0.1, 0.15) is 5.69 Å². The van der Waals surface area contributed by atoms with Crippen LogP contribution in [0.1, 0.15) is 49.6 Å². The van der Waals surface area contributed by atoms with E-state index in [1.807, 2.05) is 18.5 Å². The van der Waals surface area contributed by atoms with Gasteiger partial charge in [0.2, 0.25) is 0 Å². The van der Waals surface area contributed by atoms with Gasteiger partial charge in [0, 0.05) is 12.2 Å². The van der Waals surface area contributed by atoms with Crippen molar-refractivity contribution < 1.29 is 4.79 Å². The summed E-state index contributed by atoms with van der Waals surface area (Å²) in [6, 6.07) is 2.39. The van der Waals surface area contributed by atoms with Crippen LogP contribution in [0.3, 0.4) is 0 Å². The highest BCUT2D eigenvalue weighted by Crippen LogP contribution is 2.31. The van der Waals surface area contributed by atoms with Crippen LogP contribution in [0.5, 0.6) is 0 Å². The van der Waals surface area contributed by atoms with Crippen LogP contribution in [-0.2, 0) is 0 Å². The third kappa shape index (κ3) is 2.03. The molecule has 1 saturated carbocycles. The molecule has 1 heterocycles. The number of hydrogen-bond donors (Lipinski definition) is 1. The standard InChI is InChI=1S/C11H17N3O/c1-8(2)13-11(15)10-6-7-12-14(10)9-4-3-5-9/h6-9H,3-5H2,1-2H3,(H,13,15). The molecule has 1 aromatic heterocycles. The minimum atomic E-state index is -0.0191. The molecule has 0 aromatic carbocycles. The van der Waals surface area contributed by atoms with E-state index in [0.29, 0.717) is 11.7 Å². The van der Waals surface area contributed by atoms with Crippen molar-refractivity contribution in [1.29, 1.82) is 0 Å². The van der Waals surface area contributed by atoms with Crippen molar-refractivity contribution in [2.45, 2.75) is 45.2 Å². The van der Waals surface area contributed by atoms with Gasteiger partial charge in [-0.2, -0.15) is 5.10 Å². The first-order valence-electron chi connectivity index (χ1n) is 5.53. The third-order valence-electron chi connectivity index (χ3n) is 2.74. The van der Waals surface area contributed by atoms with Crippen molar-refractivity contribution in [1.82, 2.24) is 15.1 Å². The Morgan fingerprint density at radius 2 is 2.33 bits per heavy atom. The van der Waals surface area contributed by atoms with Crippen molar-refractivity contribution in [2.24, 2.45) is 0 Å². The van der Waals surface area contributed by atoms with Crippen LogP contribution in [-0.4, -0.2) is 21.7 Å². The zero-order chi connectivity index (χ0) is 10.8. The lowest BCUT2D eigenvalue weighted by Gasteiger charge is -2.27. The Morgan fingerprint density at radius 1 is 1.60 bits per heavy atom. The predicted molar refractivity (Wildman–Crippen MR) is 57.7 cm³/mol. The summed E-state index contributed by atoms with van der Waals surface area (Å²) in [5.41, 5.74) is 0.688. The van der Waals surface area contributed by atoms with Crippen molar-refractivity contribution in [3.8, 4) is 0 Å². The summed E-state index contributed by atoms with van der Waals surface area (Å²) in [5, 5.41) is 7.11. The molecule has 4 heteroatoms. The molecule has 1 aliphatic rings. The maximum Gasteiger partial charge on any atom is 0.269 e. The zero-order valence-corrected chi connectivity index (χ0v) is 9.23. The molecule has 82 valence electrons. The van der Waals surface area contributed by atoms with Gasteiger partial charge >= 0.3 is 0 Å². The molecule has 1 N–H and O–H groups in total. The Hall–Kier alpha value is -1.32. The number of nitrogens with one attached hydrogen (secondary N) is 1. The lowest BCUT2D eigenvalue weighted by molar-refractivity contribution is 0.0924. The van der Waals surface area contributed by atoms with Gasteiger partial charge in [0.05, 0.1) is 6.04 Å². The average Bonchev–Trinajstić information content (AvgIpc) is 2.48. The van der Waals surface area contributed by atoms with Gasteiger partial charge in [0.25, 0.3) is 5.91 Å². The first kappa shape index (κ1) is 10.2. The number of rotatable bonds is 3. The minimum Gasteiger partial charge on any atom is -0.349 e. The molecule has 0 atom stereocenters. The molecule has 0 bridgehead atoms. The monoisotopic (exact) mass is 207 g/mol. The van der Waals surface area contributed by atoms with Crippen LogP contribution in [0, 0.1) is 0 Å². The Bertz CT molecular complexity index is 352. The highest BCUT2D eigenvalue weighted by Gasteiger charge is 2.24. The average molecular weight is 207 g/mol. The zero-order valence-electron chi connectivity index (χ0n) is 9.23. The van der Waals surface area contributed by atoms with E-state index in [2.05, 4.69) is 10.4 Å². The quantitative estimate of drug-likeness (QED) is 0.820. The van der Waals surface area contributed by atoms with Crippen molar-refractivity contribution in [3.63, 3.8) is 0 Å². The van der Waals surface area contributed by atoms with E-state index in [4.69, 9.17) is 0 Å². The molecule has 0 unspecified atom stereocenters. The summed E-state index contributed by atoms with van der Waals surface area (Å²) in [6.45, 7) is 3.92. The highest BCUT2D eigenvalue weighted by atomic mass is 16.2. The summed E-state index contributed by atoms with van der Waals surface area (Å²) in [5.74, 6) is -0.0191. The molecule has 0 spiro atoms. The fourth-order valence-corrected chi connectivity index (χ4v) is 1.75. The lowest BCUT2D eigenvalue weighted by Crippen LogP contribution is -2.33. The third-order valence-corrected chi connectivity index (χ3v) is 2.74. The number of amides is 1. The molecule has 15 heavy (non-hydrogen) atoms. The van der Waals surface area contributed by atoms with E-state index in [1.165, 1.54) is 6.42 Å². The number of carbonyl (C=O) groups is 1. The summed E-state index contributed by atoms with van der Waals surface area (Å²) >= 11 is 0. The van der Waals surface area contributed by atoms with Crippen molar-refractivity contribution >= 4 is 5.91 Å². The SMILES string of the molecule is CC(C)NC(=O)c1ccnn1C1CCC1. The van der Waals surface area contributed by atoms with Crippen LogP contribution in [0.15, 0.2) is 12.3 Å². The summed E-state index contributed by atoms with van der Waals surface area (Å²) in [6.07, 6.45) is 5.23. The Balaban J connectivity index is 2.13. The second-order valence-corrected chi connectivity index (χ2v) is 4.37. The van der Waals surface area contributed by atoms with Gasteiger partial charge in [0.15, 0.2) is 0 Å². The summed E-state index contributed by atoms with van der Waals surface area (Å²) in [7, 11) is 0. The molecule has 0 aliphatic heterocycles. The van der Waals surface area contributed by atoms with Crippen LogP contribution in [0.2, 0.25) is 0 Å². The highest BCUT2D eigenvalue weighted by molar-refractivity contribution is 5.92. The van der Waals surface area contributed by atoms with E-state index in [1.54, 1.807) is 12.3 Å². The van der Waals surface area contributed by atoms with Gasteiger partial charge in [-0.1, -0.05) is 0 Å². The maximum absolute atomic E-state index is 11.8. The lowest BCUT2D eigenvalue weighted by atomic mass is 9.93. The predicted octanol–water partition coefficient (Wildman–Crippen LogP) is 1.75. The first-order chi connectivity index (χ1) is 7.18. The van der Waals surface area contributed by atoms with Gasteiger partial charge in [-0.15, -0.1) is 0 Å². The normalized spacial score (nSPS) is 16.5. The smallest absolute Gasteiger partial charge is 0.269 e. The number of nitrogens with zero attached hydrogens (tertiary/aromatic N) is 2. The molecular formula is C11H17N3O. The van der Waals surface area contributed by atoms with Crippen LogP contribution in [0.25, 0.3) is 0 Å². The molecule has 1 amide bonds. The molecule has 2 rings (SSSR count). The number of aromatic nitrogens is 2. The van der Waals surface area contributed by atoms with E-state index >= 15 is 0 Å². The van der Waals surface area contributed by atoms with Crippen molar-refractivity contribution in [3.05, 3.63) is 18.0 Å². The van der Waals surface area contributed by atoms with Gasteiger partial charge in [-0.3, -0.25) is 9.48 Å². The van der Waals surface area contributed by atoms with E-state index in [0.717, 1.165) is 12.8 Å². The molecule has 1 aliphatic carbocycles. The maximum atomic E-state index is 11.8. The molecule has 4 nitrogen and oxygen atoms in total. The molecule has 0 saturated heterocycles. The van der Waals surface area contributed by atoms with Crippen LogP contribution in [0.4, 0.5) is 0 Å². The summed E-state index contributed by atoms with van der Waals surface area (Å²) in [4.78, 5) is 11.8. The Kier molecular flexibility index (Phi) is 2.75. The largest absolute Gasteiger partial charge is 0.349 e. The number of hydrogen-bond acceptors (Lipinski definition) is 2. The first-order valence-corrected chi connectivity index (χ1v) is 5.53. The summed E-state index contributed by atoms with van der Waals surface area (Å²) < 4.78 is 1.86. The minimum absolute atomic E-state index is 0.0191. The second kappa shape index (κ2) is 4.04. The van der Waals surface area contributed by atoms with Crippen molar-refractivity contribution in [2.75, 3.05) is 0 Å². The van der Waals surface area contributed by atoms with E-state index < -0.39 is 0 Å². The second-order valence-electron chi connectivity index (χ2n) is 4.37. The Morgan fingerprint density at radius 3 is 2.87 bits per heavy atom. The molecule has 1 fully saturated rings. The fourth-order valence-electron chi connectivity index (χ4n) is 1.75. The fraction of sp³-hybridized carbons (Fsp3) is 0.636. The van der Waals surface area contributed by atoms with Gasteiger partial charge < -0.3 is 5.32 Å². The van der Waals surface area contributed by atoms with Gasteiger partial charge in [-0.25, -0.2) is 0 Å². The van der Waals surface area contributed by atoms with E-state index in [9.17, 15) is 4.79 Å². The molecular weight excluding hydrogens is 190 g/mol. The molecule has 1 aromatic rings. The van der Waals surface area contributed by atoms with Crippen LogP contribution < -0.4 is 5.32 Å². The Labute approximate surface area is 89.7 Å². The molecule has 0 radical (unpaired) electrons. The van der Waals surface area contributed by atoms with Crippen LogP contribution >= 0.6 is 0 Å².